The summed E-state index contributed by atoms with van der Waals surface area (Å²) in [4.78, 5) is 11.1. The summed E-state index contributed by atoms with van der Waals surface area (Å²) in [5.41, 5.74) is 0.935. The van der Waals surface area contributed by atoms with E-state index in [9.17, 15) is 4.79 Å². The van der Waals surface area contributed by atoms with Crippen LogP contribution >= 0.6 is 0 Å². The van der Waals surface area contributed by atoms with Crippen molar-refractivity contribution in [2.45, 2.75) is 6.04 Å². The molecule has 1 fully saturated rings. The average Bonchev–Trinajstić information content (AvgIpc) is 2.95. The van der Waals surface area contributed by atoms with E-state index < -0.39 is 0 Å². The van der Waals surface area contributed by atoms with Gasteiger partial charge in [-0.2, -0.15) is 0 Å². The number of nitrogens with one attached hydrogen (secondary N) is 2. The number of methoxy groups -OCH3 is 1. The molecule has 2 aliphatic rings. The van der Waals surface area contributed by atoms with Crippen LogP contribution in [-0.2, 0) is 0 Å². The van der Waals surface area contributed by atoms with Gasteiger partial charge in [-0.25, -0.2) is 4.79 Å². The summed E-state index contributed by atoms with van der Waals surface area (Å²) >= 11 is 0. The van der Waals surface area contributed by atoms with Crippen LogP contribution in [0.1, 0.15) is 11.6 Å². The number of rotatable bonds is 2. The maximum atomic E-state index is 11.1. The molecule has 2 amide bonds. The van der Waals surface area contributed by atoms with E-state index in [1.54, 1.807) is 7.11 Å². The topological polar surface area (TPSA) is 68.8 Å². The average molecular weight is 236 g/mol. The van der Waals surface area contributed by atoms with Crippen LogP contribution in [0.3, 0.4) is 0 Å². The Labute approximate surface area is 97.8 Å². The largest absolute Gasteiger partial charge is 0.493 e. The number of amides is 2. The maximum absolute atomic E-state index is 11.1. The quantitative estimate of drug-likeness (QED) is 0.796. The van der Waals surface area contributed by atoms with Gasteiger partial charge in [-0.3, -0.25) is 0 Å². The third kappa shape index (κ3) is 1.61. The Bertz CT molecular complexity index is 475. The minimum Gasteiger partial charge on any atom is -0.493 e. The number of carbonyl (C=O) groups is 1. The monoisotopic (exact) mass is 236 g/mol. The molecule has 3 rings (SSSR count). The Hall–Kier alpha value is -2.11. The molecule has 0 aliphatic carbocycles. The van der Waals surface area contributed by atoms with Crippen molar-refractivity contribution in [3.05, 3.63) is 17.7 Å². The van der Waals surface area contributed by atoms with Crippen LogP contribution in [0.5, 0.6) is 17.2 Å². The number of hydrogen-bond donors (Lipinski definition) is 2. The summed E-state index contributed by atoms with van der Waals surface area (Å²) in [5.74, 6) is 1.89. The van der Waals surface area contributed by atoms with Crippen LogP contribution in [0, 0.1) is 0 Å². The van der Waals surface area contributed by atoms with E-state index in [1.165, 1.54) is 0 Å². The zero-order valence-corrected chi connectivity index (χ0v) is 9.28. The molecule has 0 saturated carbocycles. The molecule has 0 bridgehead atoms. The number of benzene rings is 1. The summed E-state index contributed by atoms with van der Waals surface area (Å²) in [6.07, 6.45) is 0. The highest BCUT2D eigenvalue weighted by atomic mass is 16.7. The summed E-state index contributed by atoms with van der Waals surface area (Å²) in [6, 6.07) is 3.49. The molecule has 0 spiro atoms. The molecule has 0 unspecified atom stereocenters. The van der Waals surface area contributed by atoms with Crippen molar-refractivity contribution in [2.75, 3.05) is 20.4 Å². The zero-order chi connectivity index (χ0) is 11.8. The van der Waals surface area contributed by atoms with Gasteiger partial charge in [0.25, 0.3) is 0 Å². The number of ether oxygens (including phenoxy) is 3. The van der Waals surface area contributed by atoms with Crippen molar-refractivity contribution in [1.29, 1.82) is 0 Å². The Balaban J connectivity index is 1.98. The molecular formula is C11H12N2O4. The second kappa shape index (κ2) is 3.73. The number of fused-ring (bicyclic) bond motifs is 1. The van der Waals surface area contributed by atoms with Gasteiger partial charge in [0.15, 0.2) is 11.5 Å². The normalized spacial score (nSPS) is 21.0. The Kier molecular flexibility index (Phi) is 2.21. The first kappa shape index (κ1) is 10.1. The zero-order valence-electron chi connectivity index (χ0n) is 9.28. The molecule has 1 aromatic rings. The molecule has 2 N–H and O–H groups in total. The number of hydrogen-bond acceptors (Lipinski definition) is 4. The predicted octanol–water partition coefficient (Wildman–Crippen LogP) is 0.778. The smallest absolute Gasteiger partial charge is 0.315 e. The van der Waals surface area contributed by atoms with Crippen molar-refractivity contribution in [3.8, 4) is 17.2 Å². The molecule has 2 aliphatic heterocycles. The molecule has 0 aromatic heterocycles. The van der Waals surface area contributed by atoms with Crippen LogP contribution in [0.2, 0.25) is 0 Å². The summed E-state index contributed by atoms with van der Waals surface area (Å²) in [6.45, 7) is 0.756. The minimum absolute atomic E-state index is 0.0640. The fraction of sp³-hybridized carbons (Fsp3) is 0.364. The van der Waals surface area contributed by atoms with Gasteiger partial charge in [0, 0.05) is 6.54 Å². The minimum atomic E-state index is -0.161. The summed E-state index contributed by atoms with van der Waals surface area (Å²) in [5, 5.41) is 5.52. The highest BCUT2D eigenvalue weighted by Crippen LogP contribution is 2.43. The maximum Gasteiger partial charge on any atom is 0.315 e. The Morgan fingerprint density at radius 1 is 1.41 bits per heavy atom. The first-order valence-corrected chi connectivity index (χ1v) is 5.30. The fourth-order valence-corrected chi connectivity index (χ4v) is 2.01. The van der Waals surface area contributed by atoms with Crippen molar-refractivity contribution >= 4 is 6.03 Å². The lowest BCUT2D eigenvalue weighted by molar-refractivity contribution is 0.171. The highest BCUT2D eigenvalue weighted by molar-refractivity contribution is 5.77. The van der Waals surface area contributed by atoms with Gasteiger partial charge in [-0.05, 0) is 17.7 Å². The molecule has 1 atom stereocenters. The van der Waals surface area contributed by atoms with Crippen LogP contribution in [0.25, 0.3) is 0 Å². The van der Waals surface area contributed by atoms with E-state index in [2.05, 4.69) is 10.6 Å². The lowest BCUT2D eigenvalue weighted by atomic mass is 10.1. The van der Waals surface area contributed by atoms with E-state index in [1.807, 2.05) is 12.1 Å². The second-order valence-electron chi connectivity index (χ2n) is 3.86. The van der Waals surface area contributed by atoms with E-state index in [0.717, 1.165) is 5.56 Å². The van der Waals surface area contributed by atoms with E-state index in [4.69, 9.17) is 14.2 Å². The Morgan fingerprint density at radius 2 is 2.29 bits per heavy atom. The standard InChI is InChI=1S/C11H12N2O4/c1-15-8-2-6(7-4-12-11(14)13-7)3-9-10(8)17-5-16-9/h2-3,7H,4-5H2,1H3,(H2,12,13,14)/t7-/m0/s1. The summed E-state index contributed by atoms with van der Waals surface area (Å²) < 4.78 is 15.9. The molecule has 1 aromatic carbocycles. The number of carbonyl (C=O) groups excluding carboxylic acids is 1. The molecule has 1 saturated heterocycles. The molecule has 90 valence electrons. The molecule has 2 heterocycles. The third-order valence-electron chi connectivity index (χ3n) is 2.86. The SMILES string of the molecule is COc1cc([C@@H]2CNC(=O)N2)cc2c1OCO2. The molecule has 6 nitrogen and oxygen atoms in total. The van der Waals surface area contributed by atoms with Gasteiger partial charge >= 0.3 is 6.03 Å². The van der Waals surface area contributed by atoms with Crippen LogP contribution in [-0.4, -0.2) is 26.5 Å². The van der Waals surface area contributed by atoms with Gasteiger partial charge in [-0.15, -0.1) is 0 Å². The van der Waals surface area contributed by atoms with Crippen molar-refractivity contribution < 1.29 is 19.0 Å². The summed E-state index contributed by atoms with van der Waals surface area (Å²) in [7, 11) is 1.58. The third-order valence-corrected chi connectivity index (χ3v) is 2.86. The highest BCUT2D eigenvalue weighted by Gasteiger charge is 2.26. The first-order chi connectivity index (χ1) is 8.28. The predicted molar refractivity (Wildman–Crippen MR) is 58.4 cm³/mol. The molecule has 17 heavy (non-hydrogen) atoms. The van der Waals surface area contributed by atoms with Crippen LogP contribution in [0.4, 0.5) is 4.79 Å². The van der Waals surface area contributed by atoms with E-state index in [-0.39, 0.29) is 18.9 Å². The molecule has 0 radical (unpaired) electrons. The Morgan fingerprint density at radius 3 is 3.00 bits per heavy atom. The van der Waals surface area contributed by atoms with E-state index >= 15 is 0 Å². The van der Waals surface area contributed by atoms with Crippen molar-refractivity contribution in [2.24, 2.45) is 0 Å². The van der Waals surface area contributed by atoms with Crippen molar-refractivity contribution in [3.63, 3.8) is 0 Å². The van der Waals surface area contributed by atoms with Crippen LogP contribution in [0.15, 0.2) is 12.1 Å². The van der Waals surface area contributed by atoms with Crippen LogP contribution < -0.4 is 24.8 Å². The fourth-order valence-electron chi connectivity index (χ4n) is 2.01. The first-order valence-electron chi connectivity index (χ1n) is 5.30. The molecular weight excluding hydrogens is 224 g/mol. The van der Waals surface area contributed by atoms with Gasteiger partial charge < -0.3 is 24.8 Å². The number of urea groups is 1. The lowest BCUT2D eigenvalue weighted by Gasteiger charge is -2.12. The van der Waals surface area contributed by atoms with Gasteiger partial charge in [0.1, 0.15) is 0 Å². The van der Waals surface area contributed by atoms with Gasteiger partial charge in [0.05, 0.1) is 13.2 Å². The van der Waals surface area contributed by atoms with E-state index in [0.29, 0.717) is 23.8 Å². The van der Waals surface area contributed by atoms with Gasteiger partial charge in [-0.1, -0.05) is 0 Å². The van der Waals surface area contributed by atoms with Crippen molar-refractivity contribution in [1.82, 2.24) is 10.6 Å². The molecule has 6 heteroatoms. The van der Waals surface area contributed by atoms with Gasteiger partial charge in [0.2, 0.25) is 12.5 Å². The second-order valence-corrected chi connectivity index (χ2v) is 3.86. The lowest BCUT2D eigenvalue weighted by Crippen LogP contribution is -2.21.